The van der Waals surface area contributed by atoms with E-state index in [4.69, 9.17) is 0 Å². The van der Waals surface area contributed by atoms with Crippen molar-refractivity contribution in [3.63, 3.8) is 0 Å². The van der Waals surface area contributed by atoms with Crippen LogP contribution in [0.4, 0.5) is 0 Å². The first-order valence-corrected chi connectivity index (χ1v) is 0. The summed E-state index contributed by atoms with van der Waals surface area (Å²) in [7, 11) is 0. The first-order chi connectivity index (χ1) is 0. The molecule has 0 bridgehead atoms. The van der Waals surface area contributed by atoms with Crippen molar-refractivity contribution >= 4 is 17.4 Å². The second-order valence-electron chi connectivity index (χ2n) is 0. The molecule has 0 unspecified atom stereocenters. The third-order valence-corrected chi connectivity index (χ3v) is 0. The van der Waals surface area contributed by atoms with Crippen LogP contribution in [0.1, 0.15) is 1.43 Å². The van der Waals surface area contributed by atoms with Gasteiger partial charge in [-0.25, -0.2) is 0 Å². The molecule has 0 aromatic rings. The van der Waals surface area contributed by atoms with E-state index < -0.39 is 0 Å². The molecule has 0 aromatic carbocycles. The molecule has 0 spiro atoms. The molecule has 0 saturated carbocycles. The summed E-state index contributed by atoms with van der Waals surface area (Å²) >= 11 is 0. The fourth-order valence-corrected chi connectivity index (χ4v) is 0. The van der Waals surface area contributed by atoms with Gasteiger partial charge in [-0.1, -0.05) is 0 Å². The van der Waals surface area contributed by atoms with Crippen molar-refractivity contribution in [2.75, 3.05) is 0 Å². The van der Waals surface area contributed by atoms with Crippen LogP contribution >= 0.6 is 0 Å². The standard InChI is InChI=1S/Al.Cr.K.Ni.4H/q;;+1;;;;;-1. The molecular weight excluding hydrogens is 177 g/mol. The van der Waals surface area contributed by atoms with Crippen LogP contribution in [0.2, 0.25) is 0 Å². The zero-order valence-corrected chi connectivity index (χ0v) is 7.11. The third-order valence-electron chi connectivity index (χ3n) is 0. The Balaban J connectivity index is 0. The molecule has 0 aliphatic carbocycles. The third kappa shape index (κ3) is 8.96. The summed E-state index contributed by atoms with van der Waals surface area (Å²) in [6.07, 6.45) is 0. The van der Waals surface area contributed by atoms with Gasteiger partial charge in [0.25, 0.3) is 0 Å². The molecule has 0 amide bonds. The maximum Gasteiger partial charge on any atom is 1.00 e. The van der Waals surface area contributed by atoms with Gasteiger partial charge in [0.15, 0.2) is 17.4 Å². The topological polar surface area (TPSA) is 0 Å². The summed E-state index contributed by atoms with van der Waals surface area (Å²) in [5, 5.41) is 0. The van der Waals surface area contributed by atoms with Gasteiger partial charge >= 0.3 is 51.4 Å². The average molecular weight is 181 g/mol. The second-order valence-corrected chi connectivity index (χ2v) is 0. The van der Waals surface area contributed by atoms with E-state index in [1.54, 1.807) is 0 Å². The van der Waals surface area contributed by atoms with E-state index in [1.165, 1.54) is 0 Å². The summed E-state index contributed by atoms with van der Waals surface area (Å²) in [5.74, 6) is 0. The van der Waals surface area contributed by atoms with Gasteiger partial charge in [0.2, 0.25) is 0 Å². The quantitative estimate of drug-likeness (QED) is 0.333. The minimum Gasteiger partial charge on any atom is -1.00 e. The largest absolute Gasteiger partial charge is 1.00 e. The van der Waals surface area contributed by atoms with Crippen molar-refractivity contribution in [2.45, 2.75) is 0 Å². The molecule has 0 nitrogen and oxygen atoms in total. The van der Waals surface area contributed by atoms with E-state index in [-0.39, 0.29) is 104 Å². The maximum absolute atomic E-state index is 0. The predicted octanol–water partition coefficient (Wildman–Crippen LogP) is -4.07. The van der Waals surface area contributed by atoms with Crippen molar-refractivity contribution in [2.24, 2.45) is 0 Å². The Morgan fingerprint density at radius 3 is 1.25 bits per heavy atom. The molecule has 0 atom stereocenters. The zero-order chi connectivity index (χ0) is 0. The van der Waals surface area contributed by atoms with E-state index in [2.05, 4.69) is 0 Å². The van der Waals surface area contributed by atoms with Gasteiger partial charge in [-0.05, 0) is 0 Å². The van der Waals surface area contributed by atoms with Crippen LogP contribution in [0.15, 0.2) is 0 Å². The molecule has 0 aliphatic heterocycles. The molecule has 0 fully saturated rings. The molecule has 0 rings (SSSR count). The van der Waals surface area contributed by atoms with Crippen molar-refractivity contribution in [3.05, 3.63) is 0 Å². The van der Waals surface area contributed by atoms with Gasteiger partial charge in [0, 0.05) is 33.9 Å². The molecule has 24 valence electrons. The van der Waals surface area contributed by atoms with Crippen LogP contribution in [-0.4, -0.2) is 17.4 Å². The first-order valence-electron chi connectivity index (χ1n) is 0. The Morgan fingerprint density at radius 2 is 1.25 bits per heavy atom. The van der Waals surface area contributed by atoms with E-state index >= 15 is 0 Å². The monoisotopic (exact) mass is 180 g/mol. The molecule has 0 N–H and O–H groups in total. The molecular formula is H4AlCrKNi. The fourth-order valence-electron chi connectivity index (χ4n) is 0. The van der Waals surface area contributed by atoms with E-state index in [9.17, 15) is 0 Å². The van der Waals surface area contributed by atoms with Gasteiger partial charge in [-0.3, -0.25) is 0 Å². The molecule has 0 aromatic heterocycles. The smallest absolute Gasteiger partial charge is 1.00 e. The van der Waals surface area contributed by atoms with E-state index in [0.29, 0.717) is 0 Å². The summed E-state index contributed by atoms with van der Waals surface area (Å²) in [5.41, 5.74) is 0. The maximum atomic E-state index is 0. The Kier molecular flexibility index (Phi) is 111. The van der Waals surface area contributed by atoms with Crippen LogP contribution in [-0.2, 0) is 33.9 Å². The zero-order valence-electron chi connectivity index (χ0n) is 2.72. The van der Waals surface area contributed by atoms with Gasteiger partial charge in [0.1, 0.15) is 0 Å². The predicted molar refractivity (Wildman–Crippen MR) is 11.1 cm³/mol. The Hall–Kier alpha value is 3.19. The molecule has 4 heavy (non-hydrogen) atoms. The van der Waals surface area contributed by atoms with Gasteiger partial charge < -0.3 is 1.43 Å². The van der Waals surface area contributed by atoms with E-state index in [1.807, 2.05) is 0 Å². The minimum absolute atomic E-state index is 0. The molecule has 0 heterocycles. The van der Waals surface area contributed by atoms with Gasteiger partial charge in [-0.15, -0.1) is 0 Å². The van der Waals surface area contributed by atoms with Gasteiger partial charge in [0.05, 0.1) is 0 Å². The molecule has 0 aliphatic rings. The summed E-state index contributed by atoms with van der Waals surface area (Å²) in [6, 6.07) is 0. The number of hydrogen-bond acceptors (Lipinski definition) is 0. The average Bonchev–Trinajstić information content (AvgIpc) is 0. The van der Waals surface area contributed by atoms with Gasteiger partial charge in [-0.2, -0.15) is 0 Å². The Labute approximate surface area is 102 Å². The van der Waals surface area contributed by atoms with Crippen LogP contribution in [0.5, 0.6) is 0 Å². The van der Waals surface area contributed by atoms with Crippen LogP contribution in [0.3, 0.4) is 0 Å². The van der Waals surface area contributed by atoms with E-state index in [0.717, 1.165) is 0 Å². The Bertz CT molecular complexity index is 11.6. The second kappa shape index (κ2) is 16.4. The van der Waals surface area contributed by atoms with Crippen LogP contribution in [0, 0.1) is 0 Å². The van der Waals surface area contributed by atoms with Crippen molar-refractivity contribution in [1.82, 2.24) is 0 Å². The van der Waals surface area contributed by atoms with Crippen molar-refractivity contribution < 1.29 is 86.7 Å². The minimum atomic E-state index is 0. The molecule has 4 heteroatoms. The Morgan fingerprint density at radius 1 is 1.25 bits per heavy atom. The summed E-state index contributed by atoms with van der Waals surface area (Å²) < 4.78 is 0. The normalized spacial score (nSPS) is 0. The van der Waals surface area contributed by atoms with Crippen molar-refractivity contribution in [3.8, 4) is 0 Å². The molecule has 0 saturated heterocycles. The van der Waals surface area contributed by atoms with Crippen LogP contribution in [0.25, 0.3) is 0 Å². The fraction of sp³-hybridized carbons (Fsp3) is 0. The molecule has 0 radical (unpaired) electrons. The number of hydrogen-bond donors (Lipinski definition) is 0. The van der Waals surface area contributed by atoms with Crippen LogP contribution < -0.4 is 51.4 Å². The summed E-state index contributed by atoms with van der Waals surface area (Å²) in [4.78, 5) is 0. The summed E-state index contributed by atoms with van der Waals surface area (Å²) in [6.45, 7) is 0. The first kappa shape index (κ1) is 27.1. The SMILES string of the molecule is [AlH3].[Cr].[H-].[K+].[Ni]. The van der Waals surface area contributed by atoms with Crippen molar-refractivity contribution in [1.29, 1.82) is 0 Å². The number of rotatable bonds is 0.